The molecule has 2 amide bonds. The Labute approximate surface area is 91.7 Å². The molecule has 1 heterocycles. The highest BCUT2D eigenvalue weighted by molar-refractivity contribution is 6.44. The lowest BCUT2D eigenvalue weighted by Crippen LogP contribution is -2.35. The van der Waals surface area contributed by atoms with Crippen LogP contribution < -0.4 is 16.3 Å². The quantitative estimate of drug-likeness (QED) is 0.408. The zero-order chi connectivity index (χ0) is 11.5. The van der Waals surface area contributed by atoms with E-state index in [9.17, 15) is 9.59 Å². The summed E-state index contributed by atoms with van der Waals surface area (Å²) < 4.78 is 0. The van der Waals surface area contributed by atoms with Gasteiger partial charge < -0.3 is 0 Å². The van der Waals surface area contributed by atoms with Crippen LogP contribution in [-0.4, -0.2) is 17.5 Å². The van der Waals surface area contributed by atoms with E-state index in [2.05, 4.69) is 5.10 Å². The maximum Gasteiger partial charge on any atom is 0.281 e. The van der Waals surface area contributed by atoms with Crippen molar-refractivity contribution in [3.63, 3.8) is 0 Å². The first-order valence-corrected chi connectivity index (χ1v) is 4.69. The predicted octanol–water partition coefficient (Wildman–Crippen LogP) is -0.231. The molecule has 1 aliphatic rings. The monoisotopic (exact) mass is 218 g/mol. The van der Waals surface area contributed by atoms with E-state index in [1.165, 1.54) is 5.01 Å². The van der Waals surface area contributed by atoms with Crippen molar-refractivity contribution >= 4 is 23.2 Å². The lowest BCUT2D eigenvalue weighted by molar-refractivity contribution is -0.118. The molecule has 6 heteroatoms. The van der Waals surface area contributed by atoms with Crippen molar-refractivity contribution in [2.24, 2.45) is 10.9 Å². The molecule has 3 N–H and O–H groups in total. The largest absolute Gasteiger partial charge is 0.289 e. The van der Waals surface area contributed by atoms with Gasteiger partial charge >= 0.3 is 0 Å². The number of para-hydroxylation sites is 1. The number of hydrogen-bond donors (Lipinski definition) is 2. The molecule has 0 bridgehead atoms. The van der Waals surface area contributed by atoms with Gasteiger partial charge in [0.25, 0.3) is 11.8 Å². The van der Waals surface area contributed by atoms with Crippen molar-refractivity contribution in [1.82, 2.24) is 5.43 Å². The van der Waals surface area contributed by atoms with Crippen LogP contribution in [0.4, 0.5) is 5.69 Å². The maximum atomic E-state index is 11.6. The lowest BCUT2D eigenvalue weighted by Gasteiger charge is -2.10. The summed E-state index contributed by atoms with van der Waals surface area (Å²) >= 11 is 0. The molecule has 1 aromatic carbocycles. The molecule has 0 radical (unpaired) electrons. The van der Waals surface area contributed by atoms with E-state index in [0.717, 1.165) is 0 Å². The average molecular weight is 218 g/mol. The first kappa shape index (κ1) is 10.3. The number of nitrogens with two attached hydrogens (primary N) is 1. The second-order valence-electron chi connectivity index (χ2n) is 3.24. The van der Waals surface area contributed by atoms with E-state index in [1.807, 2.05) is 11.5 Å². The molecule has 16 heavy (non-hydrogen) atoms. The van der Waals surface area contributed by atoms with E-state index >= 15 is 0 Å². The highest BCUT2D eigenvalue weighted by atomic mass is 16.2. The minimum Gasteiger partial charge on any atom is -0.289 e. The molecule has 0 atom stereocenters. The van der Waals surface area contributed by atoms with E-state index in [4.69, 9.17) is 5.84 Å². The first-order valence-electron chi connectivity index (χ1n) is 4.69. The third-order valence-electron chi connectivity index (χ3n) is 2.17. The van der Waals surface area contributed by atoms with Crippen LogP contribution in [-0.2, 0) is 9.59 Å². The third kappa shape index (κ3) is 1.78. The van der Waals surface area contributed by atoms with Crippen molar-refractivity contribution in [2.45, 2.75) is 6.42 Å². The van der Waals surface area contributed by atoms with E-state index < -0.39 is 5.91 Å². The van der Waals surface area contributed by atoms with Crippen molar-refractivity contribution in [2.75, 3.05) is 5.01 Å². The number of amides is 2. The summed E-state index contributed by atoms with van der Waals surface area (Å²) in [5, 5.41) is 5.12. The van der Waals surface area contributed by atoms with Crippen molar-refractivity contribution in [1.29, 1.82) is 0 Å². The molecule has 0 aromatic heterocycles. The Morgan fingerprint density at radius 3 is 2.69 bits per heavy atom. The molecule has 0 saturated carbocycles. The fourth-order valence-corrected chi connectivity index (χ4v) is 1.41. The normalized spacial score (nSPS) is 14.9. The number of hydrogen-bond acceptors (Lipinski definition) is 4. The Bertz CT molecular complexity index is 455. The maximum absolute atomic E-state index is 11.6. The molecule has 82 valence electrons. The van der Waals surface area contributed by atoms with Crippen LogP contribution in [0.25, 0.3) is 0 Å². The van der Waals surface area contributed by atoms with Gasteiger partial charge in [-0.25, -0.2) is 5.84 Å². The van der Waals surface area contributed by atoms with Crippen LogP contribution in [0.15, 0.2) is 35.4 Å². The van der Waals surface area contributed by atoms with Gasteiger partial charge in [0.2, 0.25) is 0 Å². The number of carbonyl (C=O) groups excluding carboxylic acids is 2. The van der Waals surface area contributed by atoms with Crippen LogP contribution in [0.1, 0.15) is 6.42 Å². The van der Waals surface area contributed by atoms with Gasteiger partial charge in [0.1, 0.15) is 5.71 Å². The summed E-state index contributed by atoms with van der Waals surface area (Å²) in [6.45, 7) is 0. The molecule has 0 unspecified atom stereocenters. The molecule has 0 spiro atoms. The minimum atomic E-state index is -0.535. The van der Waals surface area contributed by atoms with Crippen LogP contribution in [0.2, 0.25) is 0 Å². The fraction of sp³-hybridized carbons (Fsp3) is 0.100. The Morgan fingerprint density at radius 1 is 1.38 bits per heavy atom. The Hall–Kier alpha value is -2.21. The topological polar surface area (TPSA) is 87.8 Å². The van der Waals surface area contributed by atoms with E-state index in [1.54, 1.807) is 24.3 Å². The summed E-state index contributed by atoms with van der Waals surface area (Å²) in [6.07, 6.45) is -0.0298. The zero-order valence-electron chi connectivity index (χ0n) is 8.38. The van der Waals surface area contributed by atoms with Crippen LogP contribution >= 0.6 is 0 Å². The van der Waals surface area contributed by atoms with Gasteiger partial charge in [0.05, 0.1) is 12.1 Å². The average Bonchev–Trinajstić information content (AvgIpc) is 2.71. The highest BCUT2D eigenvalue weighted by Crippen LogP contribution is 2.19. The molecule has 0 fully saturated rings. The smallest absolute Gasteiger partial charge is 0.281 e. The fourth-order valence-electron chi connectivity index (χ4n) is 1.41. The van der Waals surface area contributed by atoms with Gasteiger partial charge in [-0.3, -0.25) is 15.0 Å². The Balaban J connectivity index is 2.27. The number of nitrogens with one attached hydrogen (secondary N) is 1. The van der Waals surface area contributed by atoms with Crippen molar-refractivity contribution in [3.05, 3.63) is 30.3 Å². The number of rotatable bonds is 2. The number of hydrazone groups is 1. The van der Waals surface area contributed by atoms with Gasteiger partial charge in [-0.1, -0.05) is 18.2 Å². The van der Waals surface area contributed by atoms with Gasteiger partial charge in [-0.05, 0) is 12.1 Å². The number of carbonyl (C=O) groups is 2. The molecule has 2 rings (SSSR count). The van der Waals surface area contributed by atoms with Crippen LogP contribution in [0, 0.1) is 0 Å². The predicted molar refractivity (Wildman–Crippen MR) is 58.3 cm³/mol. The second kappa shape index (κ2) is 4.11. The van der Waals surface area contributed by atoms with Crippen molar-refractivity contribution in [3.8, 4) is 0 Å². The van der Waals surface area contributed by atoms with Crippen LogP contribution in [0.5, 0.6) is 0 Å². The molecule has 0 aliphatic carbocycles. The number of benzene rings is 1. The number of hydrazine groups is 1. The molecule has 1 aromatic rings. The summed E-state index contributed by atoms with van der Waals surface area (Å²) in [5.41, 5.74) is 2.70. The third-order valence-corrected chi connectivity index (χ3v) is 2.17. The van der Waals surface area contributed by atoms with Gasteiger partial charge in [0.15, 0.2) is 0 Å². The number of anilines is 1. The Morgan fingerprint density at radius 2 is 2.06 bits per heavy atom. The molecule has 1 aliphatic heterocycles. The summed E-state index contributed by atoms with van der Waals surface area (Å²) in [5.74, 6) is 4.19. The first-order chi connectivity index (χ1) is 7.72. The summed E-state index contributed by atoms with van der Waals surface area (Å²) in [4.78, 5) is 22.8. The molecule has 0 saturated heterocycles. The standard InChI is InChI=1S/C10H10N4O2/c11-12-10(16)8-6-9(15)14(13-8)7-4-2-1-3-5-7/h1-5H,6,11H2,(H,12,16). The summed E-state index contributed by atoms with van der Waals surface area (Å²) in [6, 6.07) is 8.90. The lowest BCUT2D eigenvalue weighted by atomic mass is 10.2. The molecular formula is C10H10N4O2. The highest BCUT2D eigenvalue weighted by Gasteiger charge is 2.28. The second-order valence-corrected chi connectivity index (χ2v) is 3.24. The van der Waals surface area contributed by atoms with Gasteiger partial charge in [-0.15, -0.1) is 0 Å². The van der Waals surface area contributed by atoms with Gasteiger partial charge in [-0.2, -0.15) is 10.1 Å². The summed E-state index contributed by atoms with van der Waals surface area (Å²) in [7, 11) is 0. The number of nitrogens with zero attached hydrogens (tertiary/aromatic N) is 2. The minimum absolute atomic E-state index is 0.0298. The van der Waals surface area contributed by atoms with E-state index in [0.29, 0.717) is 5.69 Å². The SMILES string of the molecule is NNC(=O)C1=NN(c2ccccc2)C(=O)C1. The molecular weight excluding hydrogens is 208 g/mol. The van der Waals surface area contributed by atoms with Crippen LogP contribution in [0.3, 0.4) is 0 Å². The van der Waals surface area contributed by atoms with E-state index in [-0.39, 0.29) is 18.0 Å². The Kier molecular flexibility index (Phi) is 2.65. The zero-order valence-corrected chi connectivity index (χ0v) is 8.38. The van der Waals surface area contributed by atoms with Gasteiger partial charge in [0, 0.05) is 0 Å². The molecule has 6 nitrogen and oxygen atoms in total. The van der Waals surface area contributed by atoms with Crippen molar-refractivity contribution < 1.29 is 9.59 Å².